The van der Waals surface area contributed by atoms with Gasteiger partial charge in [-0.05, 0) is 150 Å². The molecule has 0 aliphatic carbocycles. The Balaban J connectivity index is 0.000000130. The summed E-state index contributed by atoms with van der Waals surface area (Å²) in [5, 5.41) is 1.90. The van der Waals surface area contributed by atoms with Crippen molar-refractivity contribution in [3.05, 3.63) is 390 Å². The lowest BCUT2D eigenvalue weighted by Gasteiger charge is -2.34. The molecule has 0 spiro atoms. The zero-order valence-corrected chi connectivity index (χ0v) is 63.8. The fourth-order valence-corrected chi connectivity index (χ4v) is 16.2. The van der Waals surface area contributed by atoms with Gasteiger partial charge in [-0.2, -0.15) is 0 Å². The van der Waals surface area contributed by atoms with Crippen molar-refractivity contribution in [1.29, 1.82) is 0 Å². The highest BCUT2D eigenvalue weighted by Gasteiger charge is 2.29. The van der Waals surface area contributed by atoms with Crippen LogP contribution in [-0.4, -0.2) is 92.2 Å². The van der Waals surface area contributed by atoms with Crippen molar-refractivity contribution in [2.24, 2.45) is 0 Å². The van der Waals surface area contributed by atoms with E-state index in [0.29, 0.717) is 110 Å². The van der Waals surface area contributed by atoms with E-state index >= 15 is 0 Å². The Morgan fingerprint density at radius 1 is 0.261 bits per heavy atom. The molecule has 4 aliphatic heterocycles. The Bertz CT molecular complexity index is 5570. The Morgan fingerprint density at radius 2 is 0.532 bits per heavy atom. The van der Waals surface area contributed by atoms with Gasteiger partial charge in [-0.15, -0.1) is 0 Å². The van der Waals surface area contributed by atoms with Crippen LogP contribution < -0.4 is 64.6 Å². The molecule has 0 bridgehead atoms. The van der Waals surface area contributed by atoms with E-state index in [4.69, 9.17) is 34.8 Å². The summed E-state index contributed by atoms with van der Waals surface area (Å²) in [6, 6.07) is 74.2. The quantitative estimate of drug-likeness (QED) is 0.0449. The summed E-state index contributed by atoms with van der Waals surface area (Å²) in [4.78, 5) is 127. The molecule has 8 N–H and O–H groups in total. The largest absolute Gasteiger partial charge is 0.358 e. The third-order valence-corrected chi connectivity index (χ3v) is 22.4. The van der Waals surface area contributed by atoms with E-state index in [0.717, 1.165) is 126 Å². The second kappa shape index (κ2) is 37.3. The molecule has 4 saturated heterocycles. The predicted octanol–water partition coefficient (Wildman–Crippen LogP) is 14.1. The lowest BCUT2D eigenvalue weighted by atomic mass is 9.89. The number of H-pyrrole nitrogens is 8. The molecule has 111 heavy (non-hydrogen) atoms. The topological polar surface area (TPSA) is 276 Å². The fourth-order valence-electron chi connectivity index (χ4n) is 15.7. The molecule has 4 aliphatic rings. The van der Waals surface area contributed by atoms with E-state index in [-0.39, 0.29) is 22.2 Å². The molecular weight excluding hydrogens is 1460 g/mol. The summed E-state index contributed by atoms with van der Waals surface area (Å²) in [5.74, 6) is 4.56. The molecule has 23 heteroatoms. The molecule has 4 fully saturated rings. The van der Waals surface area contributed by atoms with E-state index in [2.05, 4.69) is 157 Å². The number of halogens is 3. The molecule has 0 atom stereocenters. The summed E-state index contributed by atoms with van der Waals surface area (Å²) in [5.41, 5.74) is 8.35. The molecule has 0 unspecified atom stereocenters. The smallest absolute Gasteiger partial charge is 0.327 e. The Labute approximate surface area is 656 Å². The lowest BCUT2D eigenvalue weighted by molar-refractivity contribution is 0.501. The first-order valence-corrected chi connectivity index (χ1v) is 39.0. The van der Waals surface area contributed by atoms with Gasteiger partial charge in [0.1, 0.15) is 23.3 Å². The van der Waals surface area contributed by atoms with Crippen LogP contribution in [0.3, 0.4) is 0 Å². The van der Waals surface area contributed by atoms with Crippen molar-refractivity contribution in [2.45, 2.75) is 101 Å². The first-order valence-electron chi connectivity index (χ1n) is 37.9. The van der Waals surface area contributed by atoms with Crippen molar-refractivity contribution >= 4 is 58.1 Å². The SMILES string of the molecule is O=c1[nH]c(N2CCC(c3ccccc3)CC2)c(Cc2ccc(Cl)cc2)c(=O)[nH]1.O=c1[nH]c(N2CCC(c3ccccc3)CC2)c(Cc2cccc(Cl)c2)c(=O)[nH]1.O=c1[nH]c(N2CCC(c3ccccc3)CC2)c(Cc2ccccc2)c(=O)[nH]1.O=c1[nH]c(N2CCC(c3ccccc3)CC2)c(Cc2ccccc2Cl)c(=O)[nH]1. The van der Waals surface area contributed by atoms with E-state index < -0.39 is 22.8 Å². The molecule has 8 heterocycles. The molecule has 20 nitrogen and oxygen atoms in total. The van der Waals surface area contributed by atoms with Crippen molar-refractivity contribution in [3.63, 3.8) is 0 Å². The average molecular weight is 1550 g/mol. The van der Waals surface area contributed by atoms with Gasteiger partial charge in [0.05, 0.1) is 22.3 Å². The van der Waals surface area contributed by atoms with E-state index in [9.17, 15) is 38.4 Å². The average Bonchev–Trinajstić information content (AvgIpc) is 0.814. The van der Waals surface area contributed by atoms with Crippen molar-refractivity contribution in [3.8, 4) is 0 Å². The molecular formula is C88H89Cl3N12O8. The number of nitrogens with one attached hydrogen (secondary N) is 8. The zero-order chi connectivity index (χ0) is 77.2. The van der Waals surface area contributed by atoms with Crippen LogP contribution in [0.2, 0.25) is 15.1 Å². The highest BCUT2D eigenvalue weighted by Crippen LogP contribution is 2.36. The van der Waals surface area contributed by atoms with E-state index in [1.165, 1.54) is 22.3 Å². The number of hydrogen-bond acceptors (Lipinski definition) is 12. The van der Waals surface area contributed by atoms with Gasteiger partial charge in [-0.1, -0.05) is 229 Å². The summed E-state index contributed by atoms with van der Waals surface area (Å²) in [6.45, 7) is 6.40. The van der Waals surface area contributed by atoms with E-state index in [1.807, 2.05) is 121 Å². The number of anilines is 4. The van der Waals surface area contributed by atoms with Crippen molar-refractivity contribution in [1.82, 2.24) is 39.9 Å². The molecule has 8 aromatic carbocycles. The van der Waals surface area contributed by atoms with Crippen LogP contribution >= 0.6 is 34.8 Å². The van der Waals surface area contributed by atoms with Crippen LogP contribution in [0, 0.1) is 0 Å². The standard InChI is InChI=1S/3C22H22ClN3O2.C22H23N3O2/c23-18-8-4-5-15(13-18)14-19-20(24-22(28)25-21(19)27)26-11-9-17(10-12-26)16-6-2-1-3-7-16;23-19-9-5-4-8-17(19)14-18-20(24-22(28)25-21(18)27)26-12-10-16(11-13-26)15-6-2-1-3-7-15;23-18-8-6-15(7-9-18)14-19-20(24-22(28)25-21(19)27)26-12-10-17(11-13-26)16-4-2-1-3-5-16;26-21-19(15-16-7-3-1-4-8-16)20(23-22(27)24-21)25-13-11-18(12-14-25)17-9-5-2-6-10-17/h1-8,13,17H,9-12,14H2,(H2,24,25,27,28);1-9,16H,10-14H2,(H2,24,25,27,28);1-9,17H,10-14H2,(H2,24,25,27,28);1-10,18H,11-15H2,(H2,23,24,26,27). The fraction of sp³-hybridized carbons (Fsp3) is 0.273. The van der Waals surface area contributed by atoms with Crippen molar-refractivity contribution < 1.29 is 0 Å². The minimum atomic E-state index is -0.479. The first-order chi connectivity index (χ1) is 54.0. The van der Waals surface area contributed by atoms with E-state index in [1.54, 1.807) is 6.07 Å². The second-order valence-electron chi connectivity index (χ2n) is 28.7. The number of aromatic nitrogens is 8. The summed E-state index contributed by atoms with van der Waals surface area (Å²) < 4.78 is 0. The normalized spacial score (nSPS) is 15.0. The van der Waals surface area contributed by atoms with Crippen LogP contribution in [0.15, 0.2) is 263 Å². The minimum absolute atomic E-state index is 0.303. The summed E-state index contributed by atoms with van der Waals surface area (Å²) >= 11 is 18.3. The number of nitrogens with zero attached hydrogens (tertiary/aromatic N) is 4. The summed E-state index contributed by atoms with van der Waals surface area (Å²) in [6.07, 6.45) is 9.63. The molecule has 0 radical (unpaired) electrons. The maximum absolute atomic E-state index is 12.6. The monoisotopic (exact) mass is 1550 g/mol. The van der Waals surface area contributed by atoms with Gasteiger partial charge >= 0.3 is 22.8 Å². The van der Waals surface area contributed by atoms with Crippen LogP contribution in [0.4, 0.5) is 23.3 Å². The predicted molar refractivity (Wildman–Crippen MR) is 445 cm³/mol. The molecule has 12 aromatic rings. The molecule has 570 valence electrons. The number of hydrogen-bond donors (Lipinski definition) is 8. The van der Waals surface area contributed by atoms with Crippen molar-refractivity contribution in [2.75, 3.05) is 72.0 Å². The lowest BCUT2D eigenvalue weighted by Crippen LogP contribution is -2.38. The number of aromatic amines is 8. The maximum Gasteiger partial charge on any atom is 0.327 e. The highest BCUT2D eigenvalue weighted by molar-refractivity contribution is 6.31. The van der Waals surface area contributed by atoms with Gasteiger partial charge in [-0.25, -0.2) is 19.2 Å². The van der Waals surface area contributed by atoms with Gasteiger partial charge in [0.15, 0.2) is 0 Å². The number of piperidine rings is 4. The van der Waals surface area contributed by atoms with Crippen LogP contribution in [0.25, 0.3) is 0 Å². The molecule has 0 saturated carbocycles. The summed E-state index contributed by atoms with van der Waals surface area (Å²) in [7, 11) is 0. The van der Waals surface area contributed by atoms with Gasteiger partial charge < -0.3 is 19.6 Å². The third-order valence-electron chi connectivity index (χ3n) is 21.5. The van der Waals surface area contributed by atoms with Gasteiger partial charge in [-0.3, -0.25) is 59.0 Å². The molecule has 16 rings (SSSR count). The first kappa shape index (κ1) is 77.7. The Morgan fingerprint density at radius 3 is 0.847 bits per heavy atom. The highest BCUT2D eigenvalue weighted by atomic mass is 35.5. The van der Waals surface area contributed by atoms with Crippen LogP contribution in [0.1, 0.15) is 142 Å². The van der Waals surface area contributed by atoms with Crippen LogP contribution in [0.5, 0.6) is 0 Å². The van der Waals surface area contributed by atoms with Gasteiger partial charge in [0.25, 0.3) is 22.2 Å². The minimum Gasteiger partial charge on any atom is -0.358 e. The van der Waals surface area contributed by atoms with Gasteiger partial charge in [0.2, 0.25) is 0 Å². The Hall–Kier alpha value is -11.5. The number of rotatable bonds is 16. The molecule has 4 aromatic heterocycles. The molecule has 0 amide bonds. The van der Waals surface area contributed by atoms with Crippen LogP contribution in [-0.2, 0) is 25.7 Å². The second-order valence-corrected chi connectivity index (χ2v) is 30.0. The number of benzene rings is 8. The Kier molecular flexibility index (Phi) is 26.1. The third kappa shape index (κ3) is 20.5. The maximum atomic E-state index is 12.6. The zero-order valence-electron chi connectivity index (χ0n) is 61.5. The van der Waals surface area contributed by atoms with Gasteiger partial charge in [0, 0.05) is 93.1 Å².